The fourth-order valence-electron chi connectivity index (χ4n) is 4.88. The first-order valence-corrected chi connectivity index (χ1v) is 13.9. The number of carbonyl (C=O) groups excluding carboxylic acids is 1. The second-order valence-corrected chi connectivity index (χ2v) is 10.9. The predicted molar refractivity (Wildman–Crippen MR) is 141 cm³/mol. The summed E-state index contributed by atoms with van der Waals surface area (Å²) in [4.78, 5) is 19.3. The van der Waals surface area contributed by atoms with Gasteiger partial charge < -0.3 is 14.2 Å². The Hall–Kier alpha value is -3.05. The zero-order chi connectivity index (χ0) is 26.6. The summed E-state index contributed by atoms with van der Waals surface area (Å²) in [5.41, 5.74) is 2.44. The number of thioether (sulfide) groups is 1. The smallest absolute Gasteiger partial charge is 0.324 e. The van der Waals surface area contributed by atoms with Crippen LogP contribution in [-0.2, 0) is 6.54 Å². The number of urea groups is 1. The number of amides is 2. The lowest BCUT2D eigenvalue weighted by atomic mass is 9.89. The van der Waals surface area contributed by atoms with E-state index < -0.39 is 18.1 Å². The molecule has 3 aromatic rings. The fourth-order valence-corrected chi connectivity index (χ4v) is 5.78. The third-order valence-corrected chi connectivity index (χ3v) is 8.11. The highest BCUT2D eigenvalue weighted by Gasteiger charge is 2.26. The van der Waals surface area contributed by atoms with Gasteiger partial charge in [0.15, 0.2) is 0 Å². The fraction of sp³-hybridized carbons (Fsp3) is 0.444. The van der Waals surface area contributed by atoms with Crippen LogP contribution in [0.5, 0.6) is 0 Å². The van der Waals surface area contributed by atoms with E-state index in [9.17, 15) is 13.6 Å². The third kappa shape index (κ3) is 5.99. The second kappa shape index (κ2) is 11.8. The molecule has 0 atom stereocenters. The van der Waals surface area contributed by atoms with Crippen LogP contribution in [0.1, 0.15) is 42.2 Å². The molecule has 7 nitrogen and oxygen atoms in total. The number of piperidine rings is 1. The molecular weight excluding hydrogens is 515 g/mol. The number of benzene rings is 2. The first-order valence-electron chi connectivity index (χ1n) is 12.7. The minimum absolute atomic E-state index is 0.0221. The minimum atomic E-state index is -2.90. The molecule has 0 radical (unpaired) electrons. The molecule has 2 aromatic carbocycles. The van der Waals surface area contributed by atoms with Crippen molar-refractivity contribution < 1.29 is 22.4 Å². The van der Waals surface area contributed by atoms with Crippen molar-refractivity contribution in [2.75, 3.05) is 49.6 Å². The molecule has 38 heavy (non-hydrogen) atoms. The van der Waals surface area contributed by atoms with Crippen molar-refractivity contribution in [3.63, 3.8) is 0 Å². The van der Waals surface area contributed by atoms with Gasteiger partial charge in [0.1, 0.15) is 5.82 Å². The molecule has 2 saturated heterocycles. The number of alkyl halides is 2. The van der Waals surface area contributed by atoms with E-state index in [1.165, 1.54) is 23.8 Å². The van der Waals surface area contributed by atoms with Crippen LogP contribution in [0.2, 0.25) is 0 Å². The second-order valence-electron chi connectivity index (χ2n) is 9.69. The first kappa shape index (κ1) is 26.6. The number of likely N-dealkylation sites (tertiary alicyclic amines) is 1. The predicted octanol–water partition coefficient (Wildman–Crippen LogP) is 5.80. The lowest BCUT2D eigenvalue weighted by Crippen LogP contribution is -2.46. The van der Waals surface area contributed by atoms with Crippen LogP contribution in [0, 0.1) is 5.82 Å². The summed E-state index contributed by atoms with van der Waals surface area (Å²) < 4.78 is 45.8. The van der Waals surface area contributed by atoms with Gasteiger partial charge in [0.2, 0.25) is 5.89 Å². The third-order valence-electron chi connectivity index (χ3n) is 7.16. The van der Waals surface area contributed by atoms with Crippen molar-refractivity contribution in [2.24, 2.45) is 0 Å². The quantitative estimate of drug-likeness (QED) is 0.390. The van der Waals surface area contributed by atoms with Crippen molar-refractivity contribution >= 4 is 23.5 Å². The van der Waals surface area contributed by atoms with E-state index in [2.05, 4.69) is 34.3 Å². The lowest BCUT2D eigenvalue weighted by Gasteiger charge is -2.33. The Bertz CT molecular complexity index is 1240. The number of halogens is 3. The molecule has 11 heteroatoms. The SMILES string of the molecule is CN1CCC(c2ccc(N(Cc3ccc(-c4nnc(C(F)F)o4)cc3F)C(=O)N3CCSCC3)cc2)CC1. The van der Waals surface area contributed by atoms with Gasteiger partial charge in [-0.2, -0.15) is 20.5 Å². The summed E-state index contributed by atoms with van der Waals surface area (Å²) >= 11 is 1.81. The number of hydrogen-bond donors (Lipinski definition) is 0. The monoisotopic (exact) mass is 545 g/mol. The van der Waals surface area contributed by atoms with Crippen LogP contribution in [0.15, 0.2) is 46.9 Å². The van der Waals surface area contributed by atoms with Gasteiger partial charge in [-0.05, 0) is 68.7 Å². The maximum atomic E-state index is 15.2. The summed E-state index contributed by atoms with van der Waals surface area (Å²) in [7, 11) is 2.14. The number of nitrogens with zero attached hydrogens (tertiary/aromatic N) is 5. The molecule has 2 aliphatic heterocycles. The van der Waals surface area contributed by atoms with Gasteiger partial charge in [0.05, 0.1) is 6.54 Å². The average molecular weight is 546 g/mol. The highest BCUT2D eigenvalue weighted by atomic mass is 32.2. The van der Waals surface area contributed by atoms with Crippen LogP contribution < -0.4 is 4.90 Å². The Balaban J connectivity index is 1.39. The Morgan fingerprint density at radius 3 is 2.42 bits per heavy atom. The first-order chi connectivity index (χ1) is 18.4. The molecule has 0 bridgehead atoms. The Morgan fingerprint density at radius 2 is 1.79 bits per heavy atom. The maximum absolute atomic E-state index is 15.2. The van der Waals surface area contributed by atoms with Crippen LogP contribution >= 0.6 is 11.8 Å². The van der Waals surface area contributed by atoms with Crippen LogP contribution in [0.4, 0.5) is 23.7 Å². The van der Waals surface area contributed by atoms with Gasteiger partial charge in [-0.1, -0.05) is 18.2 Å². The van der Waals surface area contributed by atoms with Gasteiger partial charge in [0, 0.05) is 41.4 Å². The van der Waals surface area contributed by atoms with Crippen LogP contribution in [0.25, 0.3) is 11.5 Å². The highest BCUT2D eigenvalue weighted by molar-refractivity contribution is 7.99. The Labute approximate surface area is 224 Å². The van der Waals surface area contributed by atoms with Gasteiger partial charge in [-0.15, -0.1) is 10.2 Å². The van der Waals surface area contributed by atoms with Gasteiger partial charge in [-0.3, -0.25) is 4.90 Å². The number of carbonyl (C=O) groups is 1. The van der Waals surface area contributed by atoms with Crippen molar-refractivity contribution in [3.05, 3.63) is 65.3 Å². The molecule has 3 heterocycles. The van der Waals surface area contributed by atoms with E-state index >= 15 is 4.39 Å². The van der Waals surface area contributed by atoms with Crippen molar-refractivity contribution in [1.82, 2.24) is 20.0 Å². The van der Waals surface area contributed by atoms with Crippen LogP contribution in [-0.4, -0.2) is 70.8 Å². The zero-order valence-electron chi connectivity index (χ0n) is 21.2. The normalized spacial score (nSPS) is 17.2. The van der Waals surface area contributed by atoms with E-state index in [1.807, 2.05) is 23.9 Å². The molecular formula is C27H30F3N5O2S. The lowest BCUT2D eigenvalue weighted by molar-refractivity contribution is 0.116. The van der Waals surface area contributed by atoms with E-state index in [0.717, 1.165) is 37.4 Å². The molecule has 2 aliphatic rings. The largest absolute Gasteiger partial charge is 0.415 e. The van der Waals surface area contributed by atoms with Gasteiger partial charge in [-0.25, -0.2) is 9.18 Å². The summed E-state index contributed by atoms with van der Waals surface area (Å²) in [6.45, 7) is 3.42. The Morgan fingerprint density at radius 1 is 1.08 bits per heavy atom. The molecule has 2 fully saturated rings. The molecule has 1 aromatic heterocycles. The molecule has 202 valence electrons. The molecule has 0 N–H and O–H groups in total. The van der Waals surface area contributed by atoms with Crippen LogP contribution in [0.3, 0.4) is 0 Å². The molecule has 0 aliphatic carbocycles. The van der Waals surface area contributed by atoms with E-state index in [-0.39, 0.29) is 24.0 Å². The summed E-state index contributed by atoms with van der Waals surface area (Å²) in [5.74, 6) is 0.627. The average Bonchev–Trinajstić information content (AvgIpc) is 3.44. The number of aromatic nitrogens is 2. The van der Waals surface area contributed by atoms with E-state index in [1.54, 1.807) is 9.80 Å². The minimum Gasteiger partial charge on any atom is -0.415 e. The summed E-state index contributed by atoms with van der Waals surface area (Å²) in [5, 5.41) is 6.89. The standard InChI is InChI=1S/C27H30F3N5O2S/c1-33-10-8-19(9-11-33)18-4-6-22(7-5-18)35(27(36)34-12-14-38-15-13-34)17-21-3-2-20(16-23(21)28)25-31-32-26(37-25)24(29)30/h2-7,16,19,24H,8-15,17H2,1H3. The van der Waals surface area contributed by atoms with Crippen molar-refractivity contribution in [3.8, 4) is 11.5 Å². The summed E-state index contributed by atoms with van der Waals surface area (Å²) in [6.07, 6.45) is -0.709. The maximum Gasteiger partial charge on any atom is 0.324 e. The highest BCUT2D eigenvalue weighted by Crippen LogP contribution is 2.31. The van der Waals surface area contributed by atoms with E-state index in [4.69, 9.17) is 4.42 Å². The molecule has 0 saturated carbocycles. The molecule has 5 rings (SSSR count). The Kier molecular flexibility index (Phi) is 8.23. The molecule has 0 spiro atoms. The number of rotatable bonds is 6. The van der Waals surface area contributed by atoms with Crippen molar-refractivity contribution in [1.29, 1.82) is 0 Å². The number of hydrogen-bond acceptors (Lipinski definition) is 6. The summed E-state index contributed by atoms with van der Waals surface area (Å²) in [6, 6.07) is 12.1. The number of anilines is 1. The van der Waals surface area contributed by atoms with E-state index in [0.29, 0.717) is 30.3 Å². The van der Waals surface area contributed by atoms with Gasteiger partial charge >= 0.3 is 12.5 Å². The molecule has 0 unspecified atom stereocenters. The zero-order valence-corrected chi connectivity index (χ0v) is 22.0. The van der Waals surface area contributed by atoms with Gasteiger partial charge in [0.25, 0.3) is 5.89 Å². The topological polar surface area (TPSA) is 65.7 Å². The van der Waals surface area contributed by atoms with Crippen molar-refractivity contribution in [2.45, 2.75) is 31.7 Å². The molecule has 2 amide bonds.